The van der Waals surface area contributed by atoms with Gasteiger partial charge in [-0.2, -0.15) is 0 Å². The van der Waals surface area contributed by atoms with Crippen LogP contribution in [0.25, 0.3) is 0 Å². The van der Waals surface area contributed by atoms with Gasteiger partial charge in [-0.15, -0.1) is 0 Å². The predicted molar refractivity (Wildman–Crippen MR) is 71.5 cm³/mol. The van der Waals surface area contributed by atoms with E-state index in [-0.39, 0.29) is 12.6 Å². The van der Waals surface area contributed by atoms with Gasteiger partial charge in [0.1, 0.15) is 5.75 Å². The first-order valence-corrected chi connectivity index (χ1v) is 6.70. The average molecular weight is 314 g/mol. The molecule has 0 atom stereocenters. The molecule has 1 aliphatic rings. The molecule has 0 aliphatic heterocycles. The number of nitrogens with one attached hydrogen (secondary N) is 1. The molecular formula is C13H16BrNO3. The highest BCUT2D eigenvalue weighted by molar-refractivity contribution is 9.10. The lowest BCUT2D eigenvalue weighted by Crippen LogP contribution is -2.18. The molecule has 18 heavy (non-hydrogen) atoms. The molecule has 5 heteroatoms. The highest BCUT2D eigenvalue weighted by Crippen LogP contribution is 2.25. The number of carbonyl (C=O) groups excluding carboxylic acids is 1. The van der Waals surface area contributed by atoms with Crippen LogP contribution in [0.15, 0.2) is 22.7 Å². The molecule has 0 saturated heterocycles. The number of hydrogen-bond donors (Lipinski definition) is 1. The smallest absolute Gasteiger partial charge is 0.343 e. The quantitative estimate of drug-likeness (QED) is 0.818. The zero-order valence-electron chi connectivity index (χ0n) is 10.2. The Morgan fingerprint density at radius 1 is 1.50 bits per heavy atom. The Morgan fingerprint density at radius 3 is 2.94 bits per heavy atom. The lowest BCUT2D eigenvalue weighted by Gasteiger charge is -2.11. The summed E-state index contributed by atoms with van der Waals surface area (Å²) in [6, 6.07) is 6.39. The zero-order valence-corrected chi connectivity index (χ0v) is 11.8. The van der Waals surface area contributed by atoms with Crippen molar-refractivity contribution in [3.63, 3.8) is 0 Å². The van der Waals surface area contributed by atoms with Crippen LogP contribution in [0.3, 0.4) is 0 Å². The molecular weight excluding hydrogens is 298 g/mol. The Labute approximate surface area is 115 Å². The van der Waals surface area contributed by atoms with Gasteiger partial charge in [0, 0.05) is 22.6 Å². The van der Waals surface area contributed by atoms with E-state index >= 15 is 0 Å². The van der Waals surface area contributed by atoms with E-state index in [4.69, 9.17) is 4.74 Å². The summed E-state index contributed by atoms with van der Waals surface area (Å²) in [5, 5.41) is 3.43. The summed E-state index contributed by atoms with van der Waals surface area (Å²) in [5.74, 6) is 0.343. The summed E-state index contributed by atoms with van der Waals surface area (Å²) >= 11 is 3.44. The molecule has 1 saturated carbocycles. The van der Waals surface area contributed by atoms with Crippen LogP contribution >= 0.6 is 15.9 Å². The van der Waals surface area contributed by atoms with Gasteiger partial charge in [0.15, 0.2) is 6.61 Å². The number of halogens is 1. The van der Waals surface area contributed by atoms with Crippen LogP contribution in [0.5, 0.6) is 5.75 Å². The maximum Gasteiger partial charge on any atom is 0.343 e. The Bertz CT molecular complexity index is 432. The van der Waals surface area contributed by atoms with E-state index in [0.29, 0.717) is 6.04 Å². The van der Waals surface area contributed by atoms with Crippen molar-refractivity contribution >= 4 is 21.9 Å². The number of hydrogen-bond acceptors (Lipinski definition) is 4. The molecule has 0 bridgehead atoms. The molecule has 0 heterocycles. The molecule has 0 aromatic heterocycles. The second kappa shape index (κ2) is 6.20. The summed E-state index contributed by atoms with van der Waals surface area (Å²) in [4.78, 5) is 11.1. The number of benzene rings is 1. The van der Waals surface area contributed by atoms with E-state index in [2.05, 4.69) is 26.0 Å². The Kier molecular flexibility index (Phi) is 4.60. The Hall–Kier alpha value is -1.07. The van der Waals surface area contributed by atoms with Gasteiger partial charge in [0.05, 0.1) is 7.11 Å². The number of ether oxygens (including phenoxy) is 2. The zero-order chi connectivity index (χ0) is 13.0. The maximum atomic E-state index is 11.1. The third kappa shape index (κ3) is 3.99. The van der Waals surface area contributed by atoms with Crippen LogP contribution < -0.4 is 10.1 Å². The summed E-state index contributed by atoms with van der Waals surface area (Å²) in [6.45, 7) is 0.690. The average Bonchev–Trinajstić information content (AvgIpc) is 3.18. The number of rotatable bonds is 6. The predicted octanol–water partition coefficient (Wildman–Crippen LogP) is 2.25. The highest BCUT2D eigenvalue weighted by atomic mass is 79.9. The van der Waals surface area contributed by atoms with E-state index in [1.807, 2.05) is 18.2 Å². The van der Waals surface area contributed by atoms with Gasteiger partial charge in [-0.05, 0) is 31.0 Å². The molecule has 1 fully saturated rings. The van der Waals surface area contributed by atoms with Gasteiger partial charge >= 0.3 is 5.97 Å². The summed E-state index contributed by atoms with van der Waals surface area (Å²) < 4.78 is 11.0. The van der Waals surface area contributed by atoms with Crippen molar-refractivity contribution in [3.8, 4) is 5.75 Å². The first-order valence-electron chi connectivity index (χ1n) is 5.90. The van der Waals surface area contributed by atoms with E-state index in [0.717, 1.165) is 22.3 Å². The molecule has 0 radical (unpaired) electrons. The van der Waals surface area contributed by atoms with Gasteiger partial charge < -0.3 is 14.8 Å². The molecule has 0 unspecified atom stereocenters. The molecule has 2 rings (SSSR count). The molecule has 1 aliphatic carbocycles. The van der Waals surface area contributed by atoms with Crippen LogP contribution in [-0.4, -0.2) is 25.7 Å². The van der Waals surface area contributed by atoms with Gasteiger partial charge in [-0.1, -0.05) is 15.9 Å². The minimum atomic E-state index is -0.376. The van der Waals surface area contributed by atoms with Crippen molar-refractivity contribution in [1.82, 2.24) is 5.32 Å². The lowest BCUT2D eigenvalue weighted by atomic mass is 10.2. The third-order valence-electron chi connectivity index (χ3n) is 2.75. The Balaban J connectivity index is 1.99. The van der Waals surface area contributed by atoms with Crippen molar-refractivity contribution < 1.29 is 14.3 Å². The fraction of sp³-hybridized carbons (Fsp3) is 0.462. The normalized spacial score (nSPS) is 14.3. The number of methoxy groups -OCH3 is 1. The van der Waals surface area contributed by atoms with E-state index in [1.54, 1.807) is 0 Å². The molecule has 0 spiro atoms. The van der Waals surface area contributed by atoms with Crippen LogP contribution in [0.1, 0.15) is 18.4 Å². The topological polar surface area (TPSA) is 47.6 Å². The second-order valence-electron chi connectivity index (χ2n) is 4.27. The third-order valence-corrected chi connectivity index (χ3v) is 3.25. The molecule has 1 aromatic carbocycles. The van der Waals surface area contributed by atoms with Gasteiger partial charge in [-0.3, -0.25) is 0 Å². The lowest BCUT2D eigenvalue weighted by molar-refractivity contribution is -0.142. The maximum absolute atomic E-state index is 11.1. The molecule has 4 nitrogen and oxygen atoms in total. The Morgan fingerprint density at radius 2 is 2.28 bits per heavy atom. The van der Waals surface area contributed by atoms with Gasteiger partial charge in [-0.25, -0.2) is 4.79 Å². The molecule has 1 N–H and O–H groups in total. The molecule has 98 valence electrons. The van der Waals surface area contributed by atoms with Crippen molar-refractivity contribution in [2.75, 3.05) is 13.7 Å². The highest BCUT2D eigenvalue weighted by Gasteiger charge is 2.20. The SMILES string of the molecule is COC(=O)COc1ccc(Br)cc1CNC1CC1. The summed E-state index contributed by atoms with van der Waals surface area (Å²) in [5.41, 5.74) is 1.04. The summed E-state index contributed by atoms with van der Waals surface area (Å²) in [6.07, 6.45) is 2.48. The standard InChI is InChI=1S/C13H16BrNO3/c1-17-13(16)8-18-12-5-2-10(14)6-9(12)7-15-11-3-4-11/h2,5-6,11,15H,3-4,7-8H2,1H3. The van der Waals surface area contributed by atoms with Gasteiger partial charge in [0.25, 0.3) is 0 Å². The molecule has 0 amide bonds. The fourth-order valence-electron chi connectivity index (χ4n) is 1.56. The van der Waals surface area contributed by atoms with Crippen molar-refractivity contribution in [2.24, 2.45) is 0 Å². The van der Waals surface area contributed by atoms with Crippen molar-refractivity contribution in [1.29, 1.82) is 0 Å². The van der Waals surface area contributed by atoms with Crippen LogP contribution in [0.4, 0.5) is 0 Å². The number of carbonyl (C=O) groups is 1. The van der Waals surface area contributed by atoms with E-state index < -0.39 is 0 Å². The number of esters is 1. The second-order valence-corrected chi connectivity index (χ2v) is 5.19. The van der Waals surface area contributed by atoms with Crippen LogP contribution in [0.2, 0.25) is 0 Å². The monoisotopic (exact) mass is 313 g/mol. The summed E-state index contributed by atoms with van der Waals surface area (Å²) in [7, 11) is 1.35. The van der Waals surface area contributed by atoms with Crippen LogP contribution in [0, 0.1) is 0 Å². The van der Waals surface area contributed by atoms with Crippen LogP contribution in [-0.2, 0) is 16.1 Å². The minimum absolute atomic E-state index is 0.0610. The van der Waals surface area contributed by atoms with Crippen molar-refractivity contribution in [3.05, 3.63) is 28.2 Å². The molecule has 1 aromatic rings. The first-order chi connectivity index (χ1) is 8.69. The van der Waals surface area contributed by atoms with Crippen molar-refractivity contribution in [2.45, 2.75) is 25.4 Å². The fourth-order valence-corrected chi connectivity index (χ4v) is 1.97. The van der Waals surface area contributed by atoms with E-state index in [9.17, 15) is 4.79 Å². The largest absolute Gasteiger partial charge is 0.482 e. The first kappa shape index (κ1) is 13.4. The van der Waals surface area contributed by atoms with E-state index in [1.165, 1.54) is 20.0 Å². The minimum Gasteiger partial charge on any atom is -0.482 e. The van der Waals surface area contributed by atoms with Gasteiger partial charge in [0.2, 0.25) is 0 Å².